The van der Waals surface area contributed by atoms with Gasteiger partial charge < -0.3 is 5.32 Å². The molecule has 0 bridgehead atoms. The number of aromatic nitrogens is 2. The van der Waals surface area contributed by atoms with Crippen molar-refractivity contribution in [3.05, 3.63) is 58.6 Å². The molecule has 1 unspecified atom stereocenters. The molecule has 1 saturated carbocycles. The highest BCUT2D eigenvalue weighted by atomic mass is 35.5. The van der Waals surface area contributed by atoms with Gasteiger partial charge in [-0.3, -0.25) is 0 Å². The van der Waals surface area contributed by atoms with E-state index >= 15 is 0 Å². The summed E-state index contributed by atoms with van der Waals surface area (Å²) in [6.45, 7) is 1.00. The van der Waals surface area contributed by atoms with Crippen LogP contribution in [0.2, 0.25) is 5.02 Å². The van der Waals surface area contributed by atoms with Gasteiger partial charge in [-0.15, -0.1) is 0 Å². The van der Waals surface area contributed by atoms with E-state index in [2.05, 4.69) is 27.4 Å². The first kappa shape index (κ1) is 13.2. The Hall–Kier alpha value is -1.45. The topological polar surface area (TPSA) is 37.8 Å². The third kappa shape index (κ3) is 2.07. The summed E-state index contributed by atoms with van der Waals surface area (Å²) in [5.41, 5.74) is 4.02. The zero-order chi connectivity index (χ0) is 14.3. The molecule has 0 saturated heterocycles. The van der Waals surface area contributed by atoms with Gasteiger partial charge in [-0.05, 0) is 49.1 Å². The fourth-order valence-electron chi connectivity index (χ4n) is 3.81. The lowest BCUT2D eigenvalue weighted by molar-refractivity contribution is 0.161. The van der Waals surface area contributed by atoms with E-state index in [1.165, 1.54) is 36.1 Å². The summed E-state index contributed by atoms with van der Waals surface area (Å²) in [5, 5.41) is 4.51. The van der Waals surface area contributed by atoms with Crippen LogP contribution in [-0.2, 0) is 11.8 Å². The normalized spacial score (nSPS) is 23.2. The fraction of sp³-hybridized carbons (Fsp3) is 0.412. The standard InChI is InChI=1S/C17H18ClN3/c18-14-4-2-13(3-5-14)17(7-1-8-17)16-15-12(6-9-20-16)10-19-11-21-15/h2-5,10-11,16,20H,1,6-9H2. The quantitative estimate of drug-likeness (QED) is 0.923. The van der Waals surface area contributed by atoms with Crippen LogP contribution >= 0.6 is 11.6 Å². The van der Waals surface area contributed by atoms with Crippen molar-refractivity contribution in [3.63, 3.8) is 0 Å². The summed E-state index contributed by atoms with van der Waals surface area (Å²) in [5.74, 6) is 0. The SMILES string of the molecule is Clc1ccc(C2(C3NCCc4cncnc43)CCC2)cc1. The van der Waals surface area contributed by atoms with Crippen LogP contribution in [0.4, 0.5) is 0 Å². The van der Waals surface area contributed by atoms with Gasteiger partial charge in [0.05, 0.1) is 11.7 Å². The molecule has 0 amide bonds. The van der Waals surface area contributed by atoms with Crippen molar-refractivity contribution in [2.45, 2.75) is 37.1 Å². The number of benzene rings is 1. The molecule has 108 valence electrons. The van der Waals surface area contributed by atoms with Gasteiger partial charge in [0.1, 0.15) is 6.33 Å². The molecule has 1 fully saturated rings. The molecule has 0 spiro atoms. The molecule has 21 heavy (non-hydrogen) atoms. The van der Waals surface area contributed by atoms with Crippen molar-refractivity contribution in [1.82, 2.24) is 15.3 Å². The molecule has 1 aliphatic heterocycles. The molecular weight excluding hydrogens is 282 g/mol. The molecule has 1 aromatic heterocycles. The first-order valence-corrected chi connectivity index (χ1v) is 7.96. The summed E-state index contributed by atoms with van der Waals surface area (Å²) < 4.78 is 0. The third-order valence-corrected chi connectivity index (χ3v) is 5.31. The number of nitrogens with one attached hydrogen (secondary N) is 1. The van der Waals surface area contributed by atoms with Gasteiger partial charge in [-0.1, -0.05) is 30.2 Å². The molecule has 1 N–H and O–H groups in total. The smallest absolute Gasteiger partial charge is 0.115 e. The second-order valence-electron chi connectivity index (χ2n) is 6.09. The zero-order valence-corrected chi connectivity index (χ0v) is 12.6. The van der Waals surface area contributed by atoms with Gasteiger partial charge in [-0.2, -0.15) is 0 Å². The Bertz CT molecular complexity index is 649. The molecule has 2 aliphatic rings. The largest absolute Gasteiger partial charge is 0.308 e. The Labute approximate surface area is 129 Å². The number of nitrogens with zero attached hydrogens (tertiary/aromatic N) is 2. The summed E-state index contributed by atoms with van der Waals surface area (Å²) in [6, 6.07) is 8.65. The third-order valence-electron chi connectivity index (χ3n) is 5.06. The molecule has 1 atom stereocenters. The zero-order valence-electron chi connectivity index (χ0n) is 11.8. The summed E-state index contributed by atoms with van der Waals surface area (Å²) in [6.07, 6.45) is 8.35. The van der Waals surface area contributed by atoms with Crippen molar-refractivity contribution in [1.29, 1.82) is 0 Å². The van der Waals surface area contributed by atoms with Gasteiger partial charge >= 0.3 is 0 Å². The number of hydrogen-bond acceptors (Lipinski definition) is 3. The molecule has 1 aliphatic carbocycles. The molecule has 4 rings (SSSR count). The Morgan fingerprint density at radius 3 is 2.71 bits per heavy atom. The molecule has 2 aromatic rings. The van der Waals surface area contributed by atoms with Gasteiger partial charge in [0.2, 0.25) is 0 Å². The van der Waals surface area contributed by atoms with Gasteiger partial charge in [0.15, 0.2) is 0 Å². The first-order chi connectivity index (χ1) is 10.3. The molecule has 4 heteroatoms. The van der Waals surface area contributed by atoms with E-state index in [0.29, 0.717) is 6.04 Å². The number of hydrogen-bond donors (Lipinski definition) is 1. The monoisotopic (exact) mass is 299 g/mol. The highest BCUT2D eigenvalue weighted by molar-refractivity contribution is 6.30. The Kier molecular flexibility index (Phi) is 3.20. The van der Waals surface area contributed by atoms with Crippen molar-refractivity contribution in [2.24, 2.45) is 0 Å². The predicted octanol–water partition coefficient (Wildman–Crippen LogP) is 3.44. The van der Waals surface area contributed by atoms with Crippen LogP contribution in [0, 0.1) is 0 Å². The number of fused-ring (bicyclic) bond motifs is 1. The van der Waals surface area contributed by atoms with E-state index in [4.69, 9.17) is 11.6 Å². The van der Waals surface area contributed by atoms with Crippen LogP contribution in [0.25, 0.3) is 0 Å². The van der Waals surface area contributed by atoms with Crippen LogP contribution in [0.5, 0.6) is 0 Å². The average molecular weight is 300 g/mol. The van der Waals surface area contributed by atoms with Crippen LogP contribution in [-0.4, -0.2) is 16.5 Å². The maximum Gasteiger partial charge on any atom is 0.115 e. The minimum atomic E-state index is 0.161. The van der Waals surface area contributed by atoms with Crippen molar-refractivity contribution >= 4 is 11.6 Å². The van der Waals surface area contributed by atoms with E-state index in [1.54, 1.807) is 6.33 Å². The van der Waals surface area contributed by atoms with Gasteiger partial charge in [0.25, 0.3) is 0 Å². The van der Waals surface area contributed by atoms with E-state index in [0.717, 1.165) is 18.0 Å². The summed E-state index contributed by atoms with van der Waals surface area (Å²) in [4.78, 5) is 8.78. The molecule has 3 nitrogen and oxygen atoms in total. The highest BCUT2D eigenvalue weighted by Gasteiger charge is 2.47. The van der Waals surface area contributed by atoms with Gasteiger partial charge in [0, 0.05) is 16.6 Å². The minimum absolute atomic E-state index is 0.161. The van der Waals surface area contributed by atoms with Crippen molar-refractivity contribution < 1.29 is 0 Å². The van der Waals surface area contributed by atoms with E-state index in [9.17, 15) is 0 Å². The minimum Gasteiger partial charge on any atom is -0.308 e. The number of rotatable bonds is 2. The van der Waals surface area contributed by atoms with Crippen LogP contribution in [0.3, 0.4) is 0 Å². The Morgan fingerprint density at radius 2 is 2.00 bits per heavy atom. The molecule has 0 radical (unpaired) electrons. The summed E-state index contributed by atoms with van der Waals surface area (Å²) in [7, 11) is 0. The maximum absolute atomic E-state index is 6.05. The van der Waals surface area contributed by atoms with Crippen LogP contribution in [0.15, 0.2) is 36.8 Å². The Morgan fingerprint density at radius 1 is 1.19 bits per heavy atom. The van der Waals surface area contributed by atoms with Crippen LogP contribution in [0.1, 0.15) is 42.1 Å². The molecule has 2 heterocycles. The summed E-state index contributed by atoms with van der Waals surface area (Å²) >= 11 is 6.05. The number of halogens is 1. The second-order valence-corrected chi connectivity index (χ2v) is 6.52. The van der Waals surface area contributed by atoms with E-state index in [1.807, 2.05) is 18.3 Å². The first-order valence-electron chi connectivity index (χ1n) is 7.58. The molecule has 1 aromatic carbocycles. The lowest BCUT2D eigenvalue weighted by Gasteiger charge is -2.50. The second kappa shape index (κ2) is 5.08. The Balaban J connectivity index is 1.79. The lowest BCUT2D eigenvalue weighted by Crippen LogP contribution is -2.49. The average Bonchev–Trinajstić information content (AvgIpc) is 2.48. The maximum atomic E-state index is 6.05. The predicted molar refractivity (Wildman–Crippen MR) is 83.5 cm³/mol. The van der Waals surface area contributed by atoms with E-state index < -0.39 is 0 Å². The fourth-order valence-corrected chi connectivity index (χ4v) is 3.93. The van der Waals surface area contributed by atoms with E-state index in [-0.39, 0.29) is 5.41 Å². The lowest BCUT2D eigenvalue weighted by atomic mass is 9.58. The molecular formula is C17H18ClN3. The van der Waals surface area contributed by atoms with Gasteiger partial charge in [-0.25, -0.2) is 9.97 Å². The highest BCUT2D eigenvalue weighted by Crippen LogP contribution is 2.52. The van der Waals surface area contributed by atoms with Crippen molar-refractivity contribution in [2.75, 3.05) is 6.54 Å². The van der Waals surface area contributed by atoms with Crippen molar-refractivity contribution in [3.8, 4) is 0 Å². The van der Waals surface area contributed by atoms with Crippen LogP contribution < -0.4 is 5.32 Å².